The average molecular weight is 612 g/mol. The van der Waals surface area contributed by atoms with Crippen LogP contribution in [0.3, 0.4) is 0 Å². The van der Waals surface area contributed by atoms with E-state index in [0.29, 0.717) is 22.1 Å². The van der Waals surface area contributed by atoms with Crippen molar-refractivity contribution in [2.45, 2.75) is 17.6 Å². The van der Waals surface area contributed by atoms with Gasteiger partial charge in [-0.1, -0.05) is 24.3 Å². The van der Waals surface area contributed by atoms with Gasteiger partial charge in [0.05, 0.1) is 38.2 Å². The lowest BCUT2D eigenvalue weighted by Gasteiger charge is -2.30. The summed E-state index contributed by atoms with van der Waals surface area (Å²) >= 11 is 1.26. The summed E-state index contributed by atoms with van der Waals surface area (Å²) in [6, 6.07) is 15.9. The van der Waals surface area contributed by atoms with Crippen LogP contribution in [0.5, 0.6) is 11.5 Å². The summed E-state index contributed by atoms with van der Waals surface area (Å²) in [5.41, 5.74) is 3.55. The molecular weight excluding hydrogens is 582 g/mol. The number of carbonyl (C=O) groups is 2. The standard InChI is InChI=1S/C29H29N3O8S2/c1-38-21-7-8-22(23(15-21)39-2)28(34)32-12-11-29(16-27(33)31-35,42(36,37)14-13-32)26-10-9-25(41-26)20-5-3-19(4-6-20)24-17-30-18-40-24/h3-10,15,17-18,35H,11-14,16H2,1-2H3,(H,31,33). The molecule has 3 heterocycles. The van der Waals surface area contributed by atoms with Crippen LogP contribution in [0.1, 0.15) is 28.1 Å². The number of methoxy groups -OCH3 is 2. The highest BCUT2D eigenvalue weighted by Gasteiger charge is 2.50. The van der Waals surface area contributed by atoms with E-state index < -0.39 is 32.8 Å². The molecule has 0 aliphatic carbocycles. The van der Waals surface area contributed by atoms with Gasteiger partial charge >= 0.3 is 0 Å². The number of nitrogens with zero attached hydrogens (tertiary/aromatic N) is 2. The third-order valence-electron chi connectivity index (χ3n) is 7.45. The van der Waals surface area contributed by atoms with Gasteiger partial charge < -0.3 is 18.8 Å². The van der Waals surface area contributed by atoms with Crippen molar-refractivity contribution >= 4 is 33.0 Å². The fraction of sp³-hybridized carbons (Fsp3) is 0.276. The van der Waals surface area contributed by atoms with Crippen molar-refractivity contribution in [2.75, 3.05) is 33.1 Å². The molecule has 2 aromatic heterocycles. The molecule has 2 aromatic carbocycles. The second-order valence-corrected chi connectivity index (χ2v) is 13.2. The zero-order valence-electron chi connectivity index (χ0n) is 22.9. The van der Waals surface area contributed by atoms with Crippen molar-refractivity contribution in [3.8, 4) is 33.3 Å². The van der Waals surface area contributed by atoms with Gasteiger partial charge in [-0.3, -0.25) is 14.8 Å². The number of thiophene rings is 1. The predicted molar refractivity (Wildman–Crippen MR) is 155 cm³/mol. The third-order valence-corrected chi connectivity index (χ3v) is 11.4. The van der Waals surface area contributed by atoms with Crippen molar-refractivity contribution in [3.05, 3.63) is 77.6 Å². The van der Waals surface area contributed by atoms with E-state index in [9.17, 15) is 23.2 Å². The highest BCUT2D eigenvalue weighted by molar-refractivity contribution is 7.92. The fourth-order valence-corrected chi connectivity index (χ4v) is 8.72. The van der Waals surface area contributed by atoms with Crippen molar-refractivity contribution < 1.29 is 37.1 Å². The number of hydroxylamine groups is 1. The van der Waals surface area contributed by atoms with Crippen LogP contribution < -0.4 is 15.0 Å². The molecule has 42 heavy (non-hydrogen) atoms. The molecule has 0 saturated carbocycles. The van der Waals surface area contributed by atoms with Crippen LogP contribution in [0.15, 0.2) is 71.6 Å². The summed E-state index contributed by atoms with van der Waals surface area (Å²) in [5, 5.41) is 9.35. The van der Waals surface area contributed by atoms with Crippen LogP contribution in [0.25, 0.3) is 21.8 Å². The molecule has 1 saturated heterocycles. The van der Waals surface area contributed by atoms with Crippen LogP contribution in [-0.4, -0.2) is 68.4 Å². The molecule has 1 fully saturated rings. The quantitative estimate of drug-likeness (QED) is 0.222. The van der Waals surface area contributed by atoms with Crippen LogP contribution >= 0.6 is 11.3 Å². The Bertz CT molecular complexity index is 1680. The van der Waals surface area contributed by atoms with Gasteiger partial charge in [-0.15, -0.1) is 11.3 Å². The number of hydrogen-bond donors (Lipinski definition) is 2. The molecule has 0 bridgehead atoms. The Morgan fingerprint density at radius 2 is 1.83 bits per heavy atom. The summed E-state index contributed by atoms with van der Waals surface area (Å²) in [4.78, 5) is 32.7. The summed E-state index contributed by atoms with van der Waals surface area (Å²) < 4.78 is 42.2. The molecule has 1 unspecified atom stereocenters. The Hall–Kier alpha value is -4.20. The highest BCUT2D eigenvalue weighted by Crippen LogP contribution is 2.45. The number of sulfone groups is 1. The van der Waals surface area contributed by atoms with Gasteiger partial charge in [0, 0.05) is 34.5 Å². The first-order valence-corrected chi connectivity index (χ1v) is 15.4. The normalized spacial score (nSPS) is 18.2. The maximum Gasteiger partial charge on any atom is 0.257 e. The molecule has 1 aliphatic heterocycles. The summed E-state index contributed by atoms with van der Waals surface area (Å²) in [6.45, 7) is -0.00869. The minimum atomic E-state index is -3.99. The lowest BCUT2D eigenvalue weighted by atomic mass is 9.97. The van der Waals surface area contributed by atoms with Crippen LogP contribution in [0, 0.1) is 0 Å². The van der Waals surface area contributed by atoms with E-state index >= 15 is 0 Å². The Kier molecular flexibility index (Phi) is 8.34. The first kappa shape index (κ1) is 29.3. The zero-order chi connectivity index (χ0) is 29.9. The topological polar surface area (TPSA) is 148 Å². The van der Waals surface area contributed by atoms with Gasteiger partial charge in [0.15, 0.2) is 22.0 Å². The Labute approximate surface area is 246 Å². The van der Waals surface area contributed by atoms with E-state index in [1.165, 1.54) is 36.8 Å². The lowest BCUT2D eigenvalue weighted by Crippen LogP contribution is -2.41. The first-order chi connectivity index (χ1) is 20.2. The lowest BCUT2D eigenvalue weighted by molar-refractivity contribution is -0.129. The number of hydrogen-bond acceptors (Lipinski definition) is 10. The van der Waals surface area contributed by atoms with E-state index in [0.717, 1.165) is 16.0 Å². The average Bonchev–Trinajstić information content (AvgIpc) is 3.71. The molecule has 2 N–H and O–H groups in total. The van der Waals surface area contributed by atoms with E-state index in [4.69, 9.17) is 13.9 Å². The van der Waals surface area contributed by atoms with Crippen molar-refractivity contribution in [3.63, 3.8) is 0 Å². The number of aromatic nitrogens is 1. The number of ether oxygens (including phenoxy) is 2. The van der Waals surface area contributed by atoms with Gasteiger partial charge in [0.1, 0.15) is 16.2 Å². The van der Waals surface area contributed by atoms with Crippen molar-refractivity contribution in [1.29, 1.82) is 0 Å². The van der Waals surface area contributed by atoms with Crippen molar-refractivity contribution in [2.24, 2.45) is 0 Å². The van der Waals surface area contributed by atoms with E-state index in [1.54, 1.807) is 35.9 Å². The first-order valence-electron chi connectivity index (χ1n) is 13.0. The van der Waals surface area contributed by atoms with Crippen LogP contribution in [0.4, 0.5) is 0 Å². The summed E-state index contributed by atoms with van der Waals surface area (Å²) in [6.07, 6.45) is 2.43. The second-order valence-electron chi connectivity index (χ2n) is 9.74. The number of benzene rings is 2. The molecule has 4 aromatic rings. The van der Waals surface area contributed by atoms with Gasteiger partial charge in [0.2, 0.25) is 5.91 Å². The Balaban J connectivity index is 1.47. The number of nitrogens with one attached hydrogen (secondary N) is 1. The molecule has 0 radical (unpaired) electrons. The Morgan fingerprint density at radius 3 is 2.50 bits per heavy atom. The predicted octanol–water partition coefficient (Wildman–Crippen LogP) is 4.14. The third kappa shape index (κ3) is 5.50. The highest BCUT2D eigenvalue weighted by atomic mass is 32.2. The number of rotatable bonds is 8. The maximum absolute atomic E-state index is 14.0. The monoisotopic (exact) mass is 611 g/mol. The fourth-order valence-electron chi connectivity index (χ4n) is 5.11. The SMILES string of the molecule is COc1ccc(C(=O)N2CCC(CC(=O)NO)(c3ccc(-c4ccc(-c5cnco5)cc4)s3)S(=O)(=O)CC2)c(OC)c1. The number of amides is 2. The van der Waals surface area contributed by atoms with Crippen molar-refractivity contribution in [1.82, 2.24) is 15.4 Å². The number of oxazole rings is 1. The molecule has 220 valence electrons. The van der Waals surface area contributed by atoms with Crippen LogP contribution in [-0.2, 0) is 19.4 Å². The molecule has 11 nitrogen and oxygen atoms in total. The summed E-state index contributed by atoms with van der Waals surface area (Å²) in [7, 11) is -1.05. The largest absolute Gasteiger partial charge is 0.497 e. The van der Waals surface area contributed by atoms with Crippen LogP contribution in [0.2, 0.25) is 0 Å². The van der Waals surface area contributed by atoms with E-state index in [-0.39, 0.29) is 30.8 Å². The van der Waals surface area contributed by atoms with Gasteiger partial charge in [-0.05, 0) is 36.2 Å². The zero-order valence-corrected chi connectivity index (χ0v) is 24.5. The van der Waals surface area contributed by atoms with Gasteiger partial charge in [-0.2, -0.15) is 0 Å². The number of carbonyl (C=O) groups excluding carboxylic acids is 2. The van der Waals surface area contributed by atoms with Gasteiger partial charge in [-0.25, -0.2) is 18.9 Å². The molecule has 1 aliphatic rings. The van der Waals surface area contributed by atoms with E-state index in [1.807, 2.05) is 30.3 Å². The smallest absolute Gasteiger partial charge is 0.257 e. The molecule has 13 heteroatoms. The summed E-state index contributed by atoms with van der Waals surface area (Å²) in [5.74, 6) is -0.160. The van der Waals surface area contributed by atoms with Gasteiger partial charge in [0.25, 0.3) is 5.91 Å². The molecule has 2 amide bonds. The van der Waals surface area contributed by atoms with E-state index in [2.05, 4.69) is 4.98 Å². The minimum Gasteiger partial charge on any atom is -0.497 e. The molecular formula is C29H29N3O8S2. The maximum atomic E-state index is 14.0. The molecule has 1 atom stereocenters. The Morgan fingerprint density at radius 1 is 1.07 bits per heavy atom. The molecule has 0 spiro atoms. The second kappa shape index (κ2) is 12.0. The molecule has 5 rings (SSSR count). The minimum absolute atomic E-state index is 0.0443.